The maximum atomic E-state index is 11.9. The maximum Gasteiger partial charge on any atom is 0.239 e. The lowest BCUT2D eigenvalue weighted by atomic mass is 10.0. The number of hydrogen-bond donors (Lipinski definition) is 1. The van der Waals surface area contributed by atoms with Crippen LogP contribution in [0.15, 0.2) is 30.3 Å². The van der Waals surface area contributed by atoms with Gasteiger partial charge in [-0.3, -0.25) is 4.79 Å². The van der Waals surface area contributed by atoms with Crippen LogP contribution in [0.2, 0.25) is 0 Å². The van der Waals surface area contributed by atoms with Crippen molar-refractivity contribution in [3.8, 4) is 0 Å². The molecule has 2 rings (SSSR count). The van der Waals surface area contributed by atoms with Gasteiger partial charge in [0, 0.05) is 7.05 Å². The number of carbonyl (C=O) groups is 1. The van der Waals surface area contributed by atoms with Gasteiger partial charge in [0.05, 0.1) is 12.1 Å². The molecule has 1 heterocycles. The second-order valence-corrected chi connectivity index (χ2v) is 4.41. The molecular formula is C13H18N2O. The zero-order chi connectivity index (χ0) is 11.5. The van der Waals surface area contributed by atoms with E-state index in [9.17, 15) is 4.79 Å². The highest BCUT2D eigenvalue weighted by Crippen LogP contribution is 2.28. The zero-order valence-corrected chi connectivity index (χ0v) is 9.60. The zero-order valence-electron chi connectivity index (χ0n) is 9.60. The molecule has 1 saturated heterocycles. The predicted octanol–water partition coefficient (Wildman–Crippen LogP) is 1.70. The molecule has 0 spiro atoms. The molecular weight excluding hydrogens is 200 g/mol. The highest BCUT2D eigenvalue weighted by Gasteiger charge is 2.28. The SMILES string of the molecule is CN1C(=O)C(N)CCCC1c1ccccc1. The van der Waals surface area contributed by atoms with Crippen molar-refractivity contribution in [3.63, 3.8) is 0 Å². The van der Waals surface area contributed by atoms with Crippen molar-refractivity contribution in [2.24, 2.45) is 5.73 Å². The minimum Gasteiger partial charge on any atom is -0.337 e. The van der Waals surface area contributed by atoms with E-state index < -0.39 is 0 Å². The Kier molecular flexibility index (Phi) is 3.25. The van der Waals surface area contributed by atoms with Gasteiger partial charge in [-0.15, -0.1) is 0 Å². The molecule has 3 nitrogen and oxygen atoms in total. The average molecular weight is 218 g/mol. The van der Waals surface area contributed by atoms with Gasteiger partial charge in [-0.05, 0) is 24.8 Å². The van der Waals surface area contributed by atoms with E-state index >= 15 is 0 Å². The van der Waals surface area contributed by atoms with Crippen molar-refractivity contribution in [1.29, 1.82) is 0 Å². The normalized spacial score (nSPS) is 26.6. The Bertz CT molecular complexity index is 363. The first kappa shape index (κ1) is 11.1. The summed E-state index contributed by atoms with van der Waals surface area (Å²) in [6.45, 7) is 0. The largest absolute Gasteiger partial charge is 0.337 e. The maximum absolute atomic E-state index is 11.9. The fourth-order valence-electron chi connectivity index (χ4n) is 2.33. The number of likely N-dealkylation sites (tertiary alicyclic amines) is 1. The quantitative estimate of drug-likeness (QED) is 0.779. The number of rotatable bonds is 1. The van der Waals surface area contributed by atoms with E-state index in [2.05, 4.69) is 12.1 Å². The van der Waals surface area contributed by atoms with Crippen LogP contribution in [-0.2, 0) is 4.79 Å². The third-order valence-corrected chi connectivity index (χ3v) is 3.31. The predicted molar refractivity (Wildman–Crippen MR) is 63.8 cm³/mol. The van der Waals surface area contributed by atoms with Gasteiger partial charge in [0.2, 0.25) is 5.91 Å². The first-order valence-corrected chi connectivity index (χ1v) is 5.77. The Balaban J connectivity index is 2.24. The van der Waals surface area contributed by atoms with E-state index in [1.54, 1.807) is 4.90 Å². The van der Waals surface area contributed by atoms with Crippen LogP contribution in [-0.4, -0.2) is 23.9 Å². The molecule has 1 aliphatic heterocycles. The number of nitrogens with zero attached hydrogens (tertiary/aromatic N) is 1. The van der Waals surface area contributed by atoms with Gasteiger partial charge >= 0.3 is 0 Å². The summed E-state index contributed by atoms with van der Waals surface area (Å²) in [4.78, 5) is 13.7. The van der Waals surface area contributed by atoms with E-state index in [0.717, 1.165) is 19.3 Å². The minimum absolute atomic E-state index is 0.0614. The van der Waals surface area contributed by atoms with E-state index in [-0.39, 0.29) is 18.0 Å². The molecule has 2 N–H and O–H groups in total. The topological polar surface area (TPSA) is 46.3 Å². The highest BCUT2D eigenvalue weighted by molar-refractivity contribution is 5.82. The van der Waals surface area contributed by atoms with Crippen molar-refractivity contribution in [1.82, 2.24) is 4.90 Å². The second kappa shape index (κ2) is 4.66. The first-order valence-electron chi connectivity index (χ1n) is 5.77. The van der Waals surface area contributed by atoms with Crippen LogP contribution < -0.4 is 5.73 Å². The van der Waals surface area contributed by atoms with Crippen molar-refractivity contribution in [3.05, 3.63) is 35.9 Å². The summed E-state index contributed by atoms with van der Waals surface area (Å²) in [6.07, 6.45) is 2.81. The van der Waals surface area contributed by atoms with Gasteiger partial charge in [0.25, 0.3) is 0 Å². The van der Waals surface area contributed by atoms with Gasteiger partial charge < -0.3 is 10.6 Å². The van der Waals surface area contributed by atoms with Crippen molar-refractivity contribution >= 4 is 5.91 Å². The van der Waals surface area contributed by atoms with Gasteiger partial charge in [-0.25, -0.2) is 0 Å². The van der Waals surface area contributed by atoms with Crippen LogP contribution >= 0.6 is 0 Å². The van der Waals surface area contributed by atoms with Crippen molar-refractivity contribution in [2.45, 2.75) is 31.3 Å². The summed E-state index contributed by atoms with van der Waals surface area (Å²) in [6, 6.07) is 10.0. The number of carbonyl (C=O) groups excluding carboxylic acids is 1. The smallest absolute Gasteiger partial charge is 0.239 e. The summed E-state index contributed by atoms with van der Waals surface area (Å²) < 4.78 is 0. The Labute approximate surface area is 96.2 Å². The van der Waals surface area contributed by atoms with Crippen LogP contribution in [0.4, 0.5) is 0 Å². The minimum atomic E-state index is -0.321. The highest BCUT2D eigenvalue weighted by atomic mass is 16.2. The van der Waals surface area contributed by atoms with Gasteiger partial charge in [-0.1, -0.05) is 30.3 Å². The molecule has 0 saturated carbocycles. The molecule has 86 valence electrons. The third kappa shape index (κ3) is 2.09. The third-order valence-electron chi connectivity index (χ3n) is 3.31. The molecule has 0 radical (unpaired) electrons. The van der Waals surface area contributed by atoms with Crippen molar-refractivity contribution < 1.29 is 4.79 Å². The number of benzene rings is 1. The van der Waals surface area contributed by atoms with E-state index in [1.165, 1.54) is 5.56 Å². The second-order valence-electron chi connectivity index (χ2n) is 4.41. The monoisotopic (exact) mass is 218 g/mol. The van der Waals surface area contributed by atoms with E-state index in [0.29, 0.717) is 0 Å². The first-order chi connectivity index (χ1) is 7.70. The fraction of sp³-hybridized carbons (Fsp3) is 0.462. The number of likely N-dealkylation sites (N-methyl/N-ethyl adjacent to an activating group) is 1. The lowest BCUT2D eigenvalue weighted by Crippen LogP contribution is -2.41. The number of hydrogen-bond acceptors (Lipinski definition) is 2. The molecule has 1 amide bonds. The van der Waals surface area contributed by atoms with E-state index in [1.807, 2.05) is 25.2 Å². The molecule has 1 aliphatic rings. The summed E-state index contributed by atoms with van der Waals surface area (Å²) in [7, 11) is 1.85. The molecule has 1 aromatic rings. The van der Waals surface area contributed by atoms with Crippen LogP contribution in [0, 0.1) is 0 Å². The standard InChI is InChI=1S/C13H18N2O/c1-15-12(10-6-3-2-4-7-10)9-5-8-11(14)13(15)16/h2-4,6-7,11-12H,5,8-9,14H2,1H3. The Morgan fingerprint density at radius 3 is 2.62 bits per heavy atom. The molecule has 1 fully saturated rings. The Morgan fingerprint density at radius 1 is 1.25 bits per heavy atom. The van der Waals surface area contributed by atoms with Crippen LogP contribution in [0.1, 0.15) is 30.9 Å². The van der Waals surface area contributed by atoms with Gasteiger partial charge in [-0.2, -0.15) is 0 Å². The van der Waals surface area contributed by atoms with Gasteiger partial charge in [0.15, 0.2) is 0 Å². The molecule has 2 atom stereocenters. The van der Waals surface area contributed by atoms with Crippen LogP contribution in [0.3, 0.4) is 0 Å². The van der Waals surface area contributed by atoms with Crippen molar-refractivity contribution in [2.75, 3.05) is 7.05 Å². The summed E-state index contributed by atoms with van der Waals surface area (Å²) in [5.74, 6) is 0.0614. The van der Waals surface area contributed by atoms with Gasteiger partial charge in [0.1, 0.15) is 0 Å². The lowest BCUT2D eigenvalue weighted by Gasteiger charge is -2.27. The summed E-state index contributed by atoms with van der Waals surface area (Å²) in [5.41, 5.74) is 7.02. The van der Waals surface area contributed by atoms with E-state index in [4.69, 9.17) is 5.73 Å². The summed E-state index contributed by atoms with van der Waals surface area (Å²) >= 11 is 0. The number of nitrogens with two attached hydrogens (primary N) is 1. The lowest BCUT2D eigenvalue weighted by molar-refractivity contribution is -0.132. The van der Waals surface area contributed by atoms with Crippen LogP contribution in [0.5, 0.6) is 0 Å². The van der Waals surface area contributed by atoms with Crippen LogP contribution in [0.25, 0.3) is 0 Å². The Hall–Kier alpha value is -1.35. The molecule has 0 aliphatic carbocycles. The molecule has 0 bridgehead atoms. The molecule has 1 aromatic carbocycles. The summed E-state index contributed by atoms with van der Waals surface area (Å²) in [5, 5.41) is 0. The fourth-order valence-corrected chi connectivity index (χ4v) is 2.33. The molecule has 0 aromatic heterocycles. The molecule has 3 heteroatoms. The number of amides is 1. The average Bonchev–Trinajstić information content (AvgIpc) is 2.44. The molecule has 16 heavy (non-hydrogen) atoms. The Morgan fingerprint density at radius 2 is 1.94 bits per heavy atom. The molecule has 2 unspecified atom stereocenters.